The molecule has 0 bridgehead atoms. The molecule has 1 saturated heterocycles. The minimum atomic E-state index is -0.914. The van der Waals surface area contributed by atoms with Gasteiger partial charge >= 0.3 is 0 Å². The highest BCUT2D eigenvalue weighted by atomic mass is 35.5. The van der Waals surface area contributed by atoms with Crippen LogP contribution >= 0.6 is 11.6 Å². The number of unbranched alkanes of at least 4 members (excludes halogenated alkanes) is 1. The third-order valence-corrected chi connectivity index (χ3v) is 9.14. The highest BCUT2D eigenvalue weighted by Gasteiger charge is 2.33. The van der Waals surface area contributed by atoms with Gasteiger partial charge in [-0.3, -0.25) is 24.5 Å². The van der Waals surface area contributed by atoms with Crippen molar-refractivity contribution in [1.82, 2.24) is 15.4 Å². The number of halogens is 2. The van der Waals surface area contributed by atoms with Gasteiger partial charge in [-0.15, -0.1) is 0 Å². The molecule has 3 amide bonds. The molecule has 50 heavy (non-hydrogen) atoms. The SMILES string of the molecule is Cc1ccc(-c2c(C)noc2C)cc1N(CCCCNc1cc(C=O)c(C(=O)N(C)C2CCC(=O)NC2=O)cc1F)c1ccc(C#N)c(Cl)c1. The van der Waals surface area contributed by atoms with Gasteiger partial charge in [-0.25, -0.2) is 4.39 Å². The van der Waals surface area contributed by atoms with E-state index in [1.165, 1.54) is 13.1 Å². The van der Waals surface area contributed by atoms with E-state index >= 15 is 4.39 Å². The molecule has 11 nitrogen and oxygen atoms in total. The summed E-state index contributed by atoms with van der Waals surface area (Å²) in [6, 6.07) is 14.9. The van der Waals surface area contributed by atoms with Crippen LogP contribution in [0.3, 0.4) is 0 Å². The summed E-state index contributed by atoms with van der Waals surface area (Å²) in [5.41, 5.74) is 5.60. The summed E-state index contributed by atoms with van der Waals surface area (Å²) in [5.74, 6) is -1.76. The lowest BCUT2D eigenvalue weighted by Crippen LogP contribution is -2.53. The van der Waals surface area contributed by atoms with Crippen molar-refractivity contribution in [2.45, 2.75) is 52.5 Å². The van der Waals surface area contributed by atoms with Crippen LogP contribution in [0.5, 0.6) is 0 Å². The Morgan fingerprint density at radius 1 is 1.16 bits per heavy atom. The Morgan fingerprint density at radius 3 is 2.60 bits per heavy atom. The molecular formula is C37H36ClFN6O5. The van der Waals surface area contributed by atoms with Crippen LogP contribution in [0.25, 0.3) is 11.1 Å². The summed E-state index contributed by atoms with van der Waals surface area (Å²) in [6.45, 7) is 6.68. The van der Waals surface area contributed by atoms with Crippen molar-refractivity contribution in [3.8, 4) is 17.2 Å². The molecule has 258 valence electrons. The summed E-state index contributed by atoms with van der Waals surface area (Å²) >= 11 is 6.45. The number of nitrogens with one attached hydrogen (secondary N) is 2. The second-order valence-corrected chi connectivity index (χ2v) is 12.6. The lowest BCUT2D eigenvalue weighted by atomic mass is 10.0. The zero-order valence-electron chi connectivity index (χ0n) is 28.1. The topological polar surface area (TPSA) is 149 Å². The zero-order chi connectivity index (χ0) is 36.1. The van der Waals surface area contributed by atoms with Gasteiger partial charge in [0.2, 0.25) is 11.8 Å². The van der Waals surface area contributed by atoms with Crippen molar-refractivity contribution >= 4 is 52.7 Å². The molecule has 1 aliphatic rings. The van der Waals surface area contributed by atoms with E-state index < -0.39 is 29.6 Å². The van der Waals surface area contributed by atoms with Crippen molar-refractivity contribution in [1.29, 1.82) is 5.26 Å². The van der Waals surface area contributed by atoms with Crippen LogP contribution in [-0.4, -0.2) is 60.2 Å². The number of anilines is 3. The number of aldehydes is 1. The minimum Gasteiger partial charge on any atom is -0.383 e. The maximum absolute atomic E-state index is 15.3. The number of benzene rings is 3. The maximum atomic E-state index is 15.3. The number of nitriles is 1. The van der Waals surface area contributed by atoms with Crippen LogP contribution in [0.4, 0.5) is 21.5 Å². The van der Waals surface area contributed by atoms with Crippen molar-refractivity contribution < 1.29 is 28.1 Å². The molecular weight excluding hydrogens is 663 g/mol. The van der Waals surface area contributed by atoms with Gasteiger partial charge in [0.1, 0.15) is 23.7 Å². The Kier molecular flexibility index (Phi) is 11.0. The molecule has 0 spiro atoms. The third kappa shape index (κ3) is 7.53. The van der Waals surface area contributed by atoms with Crippen LogP contribution in [0, 0.1) is 37.9 Å². The van der Waals surface area contributed by atoms with Crippen LogP contribution in [0.15, 0.2) is 53.1 Å². The number of amides is 3. The molecule has 1 atom stereocenters. The van der Waals surface area contributed by atoms with E-state index in [0.29, 0.717) is 48.6 Å². The predicted octanol–water partition coefficient (Wildman–Crippen LogP) is 6.65. The van der Waals surface area contributed by atoms with Gasteiger partial charge in [0.05, 0.1) is 27.5 Å². The summed E-state index contributed by atoms with van der Waals surface area (Å²) < 4.78 is 20.7. The number of likely N-dealkylation sites (N-methyl/N-ethyl adjacent to an activating group) is 1. The van der Waals surface area contributed by atoms with E-state index in [2.05, 4.69) is 32.8 Å². The number of hydrogen-bond donors (Lipinski definition) is 2. The number of piperidine rings is 1. The second kappa shape index (κ2) is 15.3. The molecule has 0 radical (unpaired) electrons. The number of nitrogens with zero attached hydrogens (tertiary/aromatic N) is 4. The van der Waals surface area contributed by atoms with Crippen molar-refractivity contribution in [3.63, 3.8) is 0 Å². The van der Waals surface area contributed by atoms with E-state index in [-0.39, 0.29) is 29.7 Å². The first-order chi connectivity index (χ1) is 23.9. The maximum Gasteiger partial charge on any atom is 0.255 e. The fraction of sp³-hybridized carbons (Fsp3) is 0.297. The first kappa shape index (κ1) is 35.8. The van der Waals surface area contributed by atoms with Gasteiger partial charge in [0.15, 0.2) is 6.29 Å². The van der Waals surface area contributed by atoms with E-state index in [4.69, 9.17) is 16.1 Å². The van der Waals surface area contributed by atoms with Crippen LogP contribution < -0.4 is 15.5 Å². The molecule has 0 aliphatic carbocycles. The number of carbonyl (C=O) groups is 4. The zero-order valence-corrected chi connectivity index (χ0v) is 28.9. The van der Waals surface area contributed by atoms with Gasteiger partial charge in [0.25, 0.3) is 5.91 Å². The first-order valence-corrected chi connectivity index (χ1v) is 16.5. The predicted molar refractivity (Wildman–Crippen MR) is 187 cm³/mol. The lowest BCUT2D eigenvalue weighted by molar-refractivity contribution is -0.136. The average Bonchev–Trinajstić information content (AvgIpc) is 3.43. The van der Waals surface area contributed by atoms with Gasteiger partial charge in [-0.2, -0.15) is 5.26 Å². The van der Waals surface area contributed by atoms with E-state index in [1.54, 1.807) is 12.1 Å². The highest BCUT2D eigenvalue weighted by Crippen LogP contribution is 2.36. The number of aryl methyl sites for hydroxylation is 3. The monoisotopic (exact) mass is 698 g/mol. The Bertz CT molecular complexity index is 2000. The average molecular weight is 699 g/mol. The summed E-state index contributed by atoms with van der Waals surface area (Å²) in [4.78, 5) is 52.2. The normalized spacial score (nSPS) is 14.1. The van der Waals surface area contributed by atoms with Crippen molar-refractivity contribution in [3.05, 3.63) is 93.1 Å². The molecule has 4 aromatic rings. The van der Waals surface area contributed by atoms with Gasteiger partial charge in [-0.05, 0) is 87.6 Å². The molecule has 5 rings (SSSR count). The minimum absolute atomic E-state index is 0.0319. The molecule has 1 aliphatic heterocycles. The van der Waals surface area contributed by atoms with Gasteiger partial charge < -0.3 is 19.6 Å². The Hall–Kier alpha value is -5.54. The molecule has 0 saturated carbocycles. The number of carbonyl (C=O) groups excluding carboxylic acids is 4. The van der Waals surface area contributed by atoms with Crippen LogP contribution in [0.2, 0.25) is 5.02 Å². The van der Waals surface area contributed by atoms with Crippen molar-refractivity contribution in [2.75, 3.05) is 30.4 Å². The first-order valence-electron chi connectivity index (χ1n) is 16.1. The quantitative estimate of drug-likeness (QED) is 0.0942. The summed E-state index contributed by atoms with van der Waals surface area (Å²) in [5, 5.41) is 19.1. The Labute approximate surface area is 294 Å². The fourth-order valence-corrected chi connectivity index (χ4v) is 6.33. The summed E-state index contributed by atoms with van der Waals surface area (Å²) in [6.07, 6.45) is 1.94. The van der Waals surface area contributed by atoms with Gasteiger partial charge in [-0.1, -0.05) is 28.9 Å². The smallest absolute Gasteiger partial charge is 0.255 e. The van der Waals surface area contributed by atoms with E-state index in [9.17, 15) is 24.4 Å². The highest BCUT2D eigenvalue weighted by molar-refractivity contribution is 6.32. The molecule has 1 fully saturated rings. The molecule has 3 aromatic carbocycles. The molecule has 13 heteroatoms. The standard InChI is InChI=1S/C37H36ClFN6O5/c1-21-7-8-24(35-22(2)43-50-23(35)3)16-33(21)45(27-10-9-25(19-40)29(38)17-27)14-6-5-13-41-31-15-26(20-46)28(18-30(31)39)37(49)44(4)32-11-12-34(47)42-36(32)48/h7-10,15-18,20,32,41H,5-6,11-14H2,1-4H3,(H,42,47,48). The molecule has 2 N–H and O–H groups in total. The molecule has 1 aromatic heterocycles. The van der Waals surface area contributed by atoms with E-state index in [0.717, 1.165) is 44.7 Å². The largest absolute Gasteiger partial charge is 0.383 e. The Balaban J connectivity index is 1.30. The Morgan fingerprint density at radius 2 is 1.94 bits per heavy atom. The summed E-state index contributed by atoms with van der Waals surface area (Å²) in [7, 11) is 1.38. The lowest BCUT2D eigenvalue weighted by Gasteiger charge is -2.30. The third-order valence-electron chi connectivity index (χ3n) is 8.83. The fourth-order valence-electron chi connectivity index (χ4n) is 6.11. The number of hydrogen-bond acceptors (Lipinski definition) is 9. The second-order valence-electron chi connectivity index (χ2n) is 12.2. The number of aromatic nitrogens is 1. The van der Waals surface area contributed by atoms with E-state index in [1.807, 2.05) is 39.0 Å². The molecule has 2 heterocycles. The van der Waals surface area contributed by atoms with Crippen LogP contribution in [-0.2, 0) is 9.59 Å². The van der Waals surface area contributed by atoms with Crippen molar-refractivity contribution in [2.24, 2.45) is 0 Å². The number of imide groups is 1. The van der Waals surface area contributed by atoms with Gasteiger partial charge in [0, 0.05) is 49.1 Å². The van der Waals surface area contributed by atoms with Crippen LogP contribution in [0.1, 0.15) is 69.0 Å². The number of rotatable bonds is 12. The molecule has 1 unspecified atom stereocenters.